The lowest BCUT2D eigenvalue weighted by Gasteiger charge is -2.25. The molecule has 0 saturated carbocycles. The third-order valence-electron chi connectivity index (χ3n) is 3.91. The highest BCUT2D eigenvalue weighted by Gasteiger charge is 2.18. The number of benzene rings is 1. The Balaban J connectivity index is 1.94. The molecule has 0 saturated heterocycles. The van der Waals surface area contributed by atoms with E-state index in [1.165, 1.54) is 0 Å². The van der Waals surface area contributed by atoms with Gasteiger partial charge in [0.25, 0.3) is 0 Å². The first-order valence-corrected chi connectivity index (χ1v) is 7.19. The molecule has 1 aromatic carbocycles. The Hall–Kier alpha value is -2.47. The molecule has 6 nitrogen and oxygen atoms in total. The van der Waals surface area contributed by atoms with E-state index in [1.54, 1.807) is 10.8 Å². The number of likely N-dealkylation sites (N-methyl/N-ethyl adjacent to an activating group) is 1. The summed E-state index contributed by atoms with van der Waals surface area (Å²) in [6, 6.07) is 9.65. The van der Waals surface area contributed by atoms with Gasteiger partial charge in [-0.2, -0.15) is 9.61 Å². The van der Waals surface area contributed by atoms with E-state index in [0.29, 0.717) is 12.2 Å². The first kappa shape index (κ1) is 14.5. The zero-order valence-corrected chi connectivity index (χ0v) is 12.9. The van der Waals surface area contributed by atoms with Crippen LogP contribution in [0.5, 0.6) is 0 Å². The quantitative estimate of drug-likeness (QED) is 0.797. The third-order valence-corrected chi connectivity index (χ3v) is 3.91. The van der Waals surface area contributed by atoms with E-state index in [4.69, 9.17) is 0 Å². The fraction of sp³-hybridized carbons (Fsp3) is 0.312. The Morgan fingerprint density at radius 2 is 1.95 bits per heavy atom. The number of hydrogen-bond donors (Lipinski definition) is 1. The lowest BCUT2D eigenvalue weighted by Crippen LogP contribution is -2.26. The molecule has 0 radical (unpaired) electrons. The monoisotopic (exact) mass is 297 g/mol. The van der Waals surface area contributed by atoms with Gasteiger partial charge in [0.1, 0.15) is 6.33 Å². The van der Waals surface area contributed by atoms with Gasteiger partial charge < -0.3 is 10.0 Å². The van der Waals surface area contributed by atoms with Gasteiger partial charge >= 0.3 is 0 Å². The molecule has 0 aliphatic heterocycles. The van der Waals surface area contributed by atoms with E-state index < -0.39 is 6.10 Å². The molecule has 0 aliphatic rings. The molecule has 3 rings (SSSR count). The van der Waals surface area contributed by atoms with Gasteiger partial charge in [-0.1, -0.05) is 30.3 Å². The average Bonchev–Trinajstić information content (AvgIpc) is 2.96. The van der Waals surface area contributed by atoms with Crippen molar-refractivity contribution in [3.63, 3.8) is 0 Å². The van der Waals surface area contributed by atoms with Crippen LogP contribution in [0.1, 0.15) is 22.9 Å². The Labute approximate surface area is 129 Å². The maximum absolute atomic E-state index is 10.4. The van der Waals surface area contributed by atoms with Crippen LogP contribution in [0.4, 0.5) is 5.69 Å². The van der Waals surface area contributed by atoms with Gasteiger partial charge in [-0.25, -0.2) is 0 Å². The van der Waals surface area contributed by atoms with Gasteiger partial charge in [0.2, 0.25) is 5.65 Å². The summed E-state index contributed by atoms with van der Waals surface area (Å²) in [4.78, 5) is 2.01. The van der Waals surface area contributed by atoms with Crippen LogP contribution < -0.4 is 4.90 Å². The number of anilines is 1. The molecule has 0 aliphatic carbocycles. The van der Waals surface area contributed by atoms with Crippen LogP contribution in [0.25, 0.3) is 5.65 Å². The number of aliphatic hydroxyl groups excluding tert-OH is 1. The molecule has 1 N–H and O–H groups in total. The summed E-state index contributed by atoms with van der Waals surface area (Å²) in [5.41, 5.74) is 4.51. The molecular formula is C16H19N5O. The molecule has 0 spiro atoms. The minimum Gasteiger partial charge on any atom is -0.387 e. The first-order valence-electron chi connectivity index (χ1n) is 7.19. The fourth-order valence-electron chi connectivity index (χ4n) is 2.62. The van der Waals surface area contributed by atoms with Crippen molar-refractivity contribution in [3.05, 3.63) is 53.5 Å². The molecule has 2 heterocycles. The highest BCUT2D eigenvalue weighted by atomic mass is 16.3. The van der Waals surface area contributed by atoms with Crippen LogP contribution in [0.3, 0.4) is 0 Å². The molecular weight excluding hydrogens is 278 g/mol. The highest BCUT2D eigenvalue weighted by molar-refractivity contribution is 5.72. The number of hydrogen-bond acceptors (Lipinski definition) is 5. The Morgan fingerprint density at radius 1 is 1.23 bits per heavy atom. The standard InChI is InChI=1S/C16H19N5O/c1-11-12(2)19-21-10-17-18-16(21)15(11)20(3)9-14(22)13-7-5-4-6-8-13/h4-8,10,14,22H,9H2,1-3H3. The summed E-state index contributed by atoms with van der Waals surface area (Å²) in [5, 5.41) is 22.9. The molecule has 0 fully saturated rings. The second-order valence-electron chi connectivity index (χ2n) is 5.47. The molecule has 3 aromatic rings. The van der Waals surface area contributed by atoms with Gasteiger partial charge in [-0.05, 0) is 25.0 Å². The molecule has 114 valence electrons. The van der Waals surface area contributed by atoms with Crippen LogP contribution in [-0.4, -0.2) is 38.5 Å². The number of rotatable bonds is 4. The van der Waals surface area contributed by atoms with Crippen molar-refractivity contribution < 1.29 is 5.11 Å². The number of aryl methyl sites for hydroxylation is 1. The smallest absolute Gasteiger partial charge is 0.201 e. The van der Waals surface area contributed by atoms with Gasteiger partial charge in [0, 0.05) is 13.6 Å². The fourth-order valence-corrected chi connectivity index (χ4v) is 2.62. The van der Waals surface area contributed by atoms with Crippen molar-refractivity contribution in [2.45, 2.75) is 20.0 Å². The van der Waals surface area contributed by atoms with Crippen LogP contribution in [0.2, 0.25) is 0 Å². The van der Waals surface area contributed by atoms with Crippen molar-refractivity contribution in [2.24, 2.45) is 0 Å². The number of nitrogens with zero attached hydrogens (tertiary/aromatic N) is 5. The minimum absolute atomic E-state index is 0.469. The number of aromatic nitrogens is 4. The lowest BCUT2D eigenvalue weighted by atomic mass is 10.1. The predicted octanol–water partition coefficient (Wildman–Crippen LogP) is 1.91. The van der Waals surface area contributed by atoms with Crippen molar-refractivity contribution in [2.75, 3.05) is 18.5 Å². The van der Waals surface area contributed by atoms with E-state index in [1.807, 2.05) is 56.1 Å². The van der Waals surface area contributed by atoms with E-state index in [-0.39, 0.29) is 0 Å². The van der Waals surface area contributed by atoms with Crippen molar-refractivity contribution in [3.8, 4) is 0 Å². The largest absolute Gasteiger partial charge is 0.387 e. The topological polar surface area (TPSA) is 66.5 Å². The van der Waals surface area contributed by atoms with E-state index in [2.05, 4.69) is 15.3 Å². The maximum atomic E-state index is 10.4. The van der Waals surface area contributed by atoms with Crippen LogP contribution in [0.15, 0.2) is 36.7 Å². The summed E-state index contributed by atoms with van der Waals surface area (Å²) in [7, 11) is 1.95. The number of fused-ring (bicyclic) bond motifs is 1. The van der Waals surface area contributed by atoms with Gasteiger partial charge in [0.15, 0.2) is 0 Å². The summed E-state index contributed by atoms with van der Waals surface area (Å²) in [6.45, 7) is 4.44. The van der Waals surface area contributed by atoms with Gasteiger partial charge in [0.05, 0.1) is 17.5 Å². The SMILES string of the molecule is Cc1nn2cnnc2c(N(C)CC(O)c2ccccc2)c1C. The van der Waals surface area contributed by atoms with E-state index >= 15 is 0 Å². The van der Waals surface area contributed by atoms with Gasteiger partial charge in [-0.3, -0.25) is 0 Å². The summed E-state index contributed by atoms with van der Waals surface area (Å²) >= 11 is 0. The van der Waals surface area contributed by atoms with E-state index in [0.717, 1.165) is 22.5 Å². The Morgan fingerprint density at radius 3 is 2.68 bits per heavy atom. The van der Waals surface area contributed by atoms with Crippen molar-refractivity contribution >= 4 is 11.3 Å². The third kappa shape index (κ3) is 2.53. The Kier molecular flexibility index (Phi) is 3.77. The van der Waals surface area contributed by atoms with Crippen LogP contribution in [0, 0.1) is 13.8 Å². The molecule has 0 bridgehead atoms. The summed E-state index contributed by atoms with van der Waals surface area (Å²) in [5.74, 6) is 0. The summed E-state index contributed by atoms with van der Waals surface area (Å²) in [6.07, 6.45) is 1.02. The predicted molar refractivity (Wildman–Crippen MR) is 84.9 cm³/mol. The summed E-state index contributed by atoms with van der Waals surface area (Å²) < 4.78 is 1.67. The molecule has 2 aromatic heterocycles. The zero-order chi connectivity index (χ0) is 15.7. The molecule has 6 heteroatoms. The Bertz CT molecular complexity index is 784. The zero-order valence-electron chi connectivity index (χ0n) is 12.9. The average molecular weight is 297 g/mol. The molecule has 1 atom stereocenters. The highest BCUT2D eigenvalue weighted by Crippen LogP contribution is 2.26. The van der Waals surface area contributed by atoms with Gasteiger partial charge in [-0.15, -0.1) is 10.2 Å². The normalized spacial score (nSPS) is 12.5. The van der Waals surface area contributed by atoms with Crippen LogP contribution >= 0.6 is 0 Å². The molecule has 1 unspecified atom stereocenters. The minimum atomic E-state index is -0.568. The first-order chi connectivity index (χ1) is 10.6. The van der Waals surface area contributed by atoms with Crippen molar-refractivity contribution in [1.82, 2.24) is 19.8 Å². The number of aliphatic hydroxyl groups is 1. The van der Waals surface area contributed by atoms with E-state index in [9.17, 15) is 5.11 Å². The van der Waals surface area contributed by atoms with Crippen molar-refractivity contribution in [1.29, 1.82) is 0 Å². The lowest BCUT2D eigenvalue weighted by molar-refractivity contribution is 0.185. The molecule has 22 heavy (non-hydrogen) atoms. The van der Waals surface area contributed by atoms with Crippen LogP contribution in [-0.2, 0) is 0 Å². The second kappa shape index (κ2) is 5.73. The molecule has 0 amide bonds. The maximum Gasteiger partial charge on any atom is 0.201 e. The second-order valence-corrected chi connectivity index (χ2v) is 5.47.